The molecule has 5 nitrogen and oxygen atoms in total. The first kappa shape index (κ1) is 17.0. The maximum absolute atomic E-state index is 12.1. The zero-order chi connectivity index (χ0) is 16.8. The maximum Gasteiger partial charge on any atom is 0.407 e. The van der Waals surface area contributed by atoms with Crippen LogP contribution < -0.4 is 10.6 Å². The van der Waals surface area contributed by atoms with Gasteiger partial charge in [-0.3, -0.25) is 0 Å². The smallest absolute Gasteiger partial charge is 0.407 e. The van der Waals surface area contributed by atoms with Gasteiger partial charge in [0.15, 0.2) is 0 Å². The molecule has 3 aliphatic rings. The highest BCUT2D eigenvalue weighted by molar-refractivity contribution is 5.68. The van der Waals surface area contributed by atoms with Crippen LogP contribution in [-0.2, 0) is 9.47 Å². The number of carbonyl (C=O) groups excluding carboxylic acids is 1. The van der Waals surface area contributed by atoms with E-state index in [2.05, 4.69) is 24.5 Å². The number of ether oxygens (including phenoxy) is 2. The number of nitrogens with one attached hydrogen (secondary N) is 2. The zero-order valence-electron chi connectivity index (χ0n) is 15.1. The van der Waals surface area contributed by atoms with Crippen molar-refractivity contribution >= 4 is 6.09 Å². The molecule has 2 N–H and O–H groups in total. The Morgan fingerprint density at radius 1 is 1.30 bits per heavy atom. The second-order valence-corrected chi connectivity index (χ2v) is 9.04. The van der Waals surface area contributed by atoms with Gasteiger partial charge in [-0.1, -0.05) is 13.8 Å². The lowest BCUT2D eigenvalue weighted by molar-refractivity contribution is -0.112. The average molecular weight is 324 g/mol. The minimum Gasteiger partial charge on any atom is -0.444 e. The van der Waals surface area contributed by atoms with Crippen molar-refractivity contribution in [2.75, 3.05) is 13.2 Å². The van der Waals surface area contributed by atoms with Crippen LogP contribution in [0, 0.1) is 17.3 Å². The molecule has 4 atom stereocenters. The second-order valence-electron chi connectivity index (χ2n) is 9.04. The molecule has 0 aromatic rings. The van der Waals surface area contributed by atoms with Crippen molar-refractivity contribution in [3.8, 4) is 0 Å². The van der Waals surface area contributed by atoms with Crippen molar-refractivity contribution in [2.24, 2.45) is 17.3 Å². The van der Waals surface area contributed by atoms with E-state index in [1.54, 1.807) is 0 Å². The number of amides is 1. The summed E-state index contributed by atoms with van der Waals surface area (Å²) in [5, 5.41) is 6.79. The minimum absolute atomic E-state index is 0.169. The summed E-state index contributed by atoms with van der Waals surface area (Å²) in [6.45, 7) is 12.0. The lowest BCUT2D eigenvalue weighted by Gasteiger charge is -2.55. The fourth-order valence-corrected chi connectivity index (χ4v) is 4.29. The molecule has 2 saturated carbocycles. The molecule has 0 aromatic carbocycles. The van der Waals surface area contributed by atoms with Gasteiger partial charge in [-0.05, 0) is 46.0 Å². The molecule has 2 aliphatic carbocycles. The standard InChI is InChI=1S/C18H32N2O3/c1-17(2,3)23-16(21)20-13(11-6-7-11)10-19-14-12-8-9-22-15(12)18(14,4)5/h11-15,19H,6-10H2,1-5H3,(H,20,21). The summed E-state index contributed by atoms with van der Waals surface area (Å²) in [5.74, 6) is 1.22. The van der Waals surface area contributed by atoms with E-state index < -0.39 is 5.60 Å². The molecule has 0 radical (unpaired) electrons. The van der Waals surface area contributed by atoms with Crippen LogP contribution >= 0.6 is 0 Å². The molecule has 23 heavy (non-hydrogen) atoms. The molecule has 0 bridgehead atoms. The normalized spacial score (nSPS) is 33.5. The van der Waals surface area contributed by atoms with Crippen molar-refractivity contribution in [2.45, 2.75) is 77.7 Å². The van der Waals surface area contributed by atoms with Gasteiger partial charge in [0.05, 0.1) is 6.10 Å². The van der Waals surface area contributed by atoms with Gasteiger partial charge in [-0.25, -0.2) is 4.79 Å². The van der Waals surface area contributed by atoms with E-state index in [9.17, 15) is 4.79 Å². The minimum atomic E-state index is -0.448. The predicted octanol–water partition coefficient (Wildman–Crippen LogP) is 2.69. The molecule has 0 spiro atoms. The van der Waals surface area contributed by atoms with Gasteiger partial charge in [0.1, 0.15) is 5.60 Å². The Hall–Kier alpha value is -0.810. The molecule has 3 fully saturated rings. The lowest BCUT2D eigenvalue weighted by atomic mass is 9.57. The monoisotopic (exact) mass is 324 g/mol. The molecule has 1 aliphatic heterocycles. The Bertz CT molecular complexity index is 454. The van der Waals surface area contributed by atoms with Crippen LogP contribution in [0.1, 0.15) is 53.9 Å². The van der Waals surface area contributed by atoms with Crippen molar-refractivity contribution in [3.63, 3.8) is 0 Å². The van der Waals surface area contributed by atoms with Gasteiger partial charge >= 0.3 is 6.09 Å². The van der Waals surface area contributed by atoms with Gasteiger partial charge in [-0.15, -0.1) is 0 Å². The van der Waals surface area contributed by atoms with E-state index in [4.69, 9.17) is 9.47 Å². The summed E-state index contributed by atoms with van der Waals surface area (Å²) >= 11 is 0. The average Bonchev–Trinajstić information content (AvgIpc) is 3.14. The molecular formula is C18H32N2O3. The van der Waals surface area contributed by atoms with E-state index in [0.717, 1.165) is 19.6 Å². The number of hydrogen-bond donors (Lipinski definition) is 2. The summed E-state index contributed by atoms with van der Waals surface area (Å²) in [5.41, 5.74) is -0.267. The fourth-order valence-electron chi connectivity index (χ4n) is 4.29. The van der Waals surface area contributed by atoms with E-state index in [1.165, 1.54) is 12.8 Å². The fraction of sp³-hybridized carbons (Fsp3) is 0.944. The van der Waals surface area contributed by atoms with E-state index >= 15 is 0 Å². The van der Waals surface area contributed by atoms with Crippen LogP contribution in [0.4, 0.5) is 4.79 Å². The molecule has 5 heteroatoms. The predicted molar refractivity (Wildman–Crippen MR) is 89.3 cm³/mol. The summed E-state index contributed by atoms with van der Waals surface area (Å²) < 4.78 is 11.3. The number of rotatable bonds is 5. The molecule has 3 rings (SSSR count). The molecular weight excluding hydrogens is 292 g/mol. The van der Waals surface area contributed by atoms with Crippen LogP contribution in [-0.4, -0.2) is 43.0 Å². The van der Waals surface area contributed by atoms with Crippen molar-refractivity contribution < 1.29 is 14.3 Å². The lowest BCUT2D eigenvalue weighted by Crippen LogP contribution is -2.67. The Kier molecular flexibility index (Phi) is 4.38. The van der Waals surface area contributed by atoms with Crippen LogP contribution in [0.25, 0.3) is 0 Å². The highest BCUT2D eigenvalue weighted by Gasteiger charge is 2.59. The highest BCUT2D eigenvalue weighted by atomic mass is 16.6. The van der Waals surface area contributed by atoms with Crippen LogP contribution in [0.3, 0.4) is 0 Å². The molecule has 4 unspecified atom stereocenters. The zero-order valence-corrected chi connectivity index (χ0v) is 15.1. The molecule has 1 heterocycles. The summed E-state index contributed by atoms with van der Waals surface area (Å²) in [4.78, 5) is 12.1. The van der Waals surface area contributed by atoms with Crippen molar-refractivity contribution in [1.29, 1.82) is 0 Å². The maximum atomic E-state index is 12.1. The summed E-state index contributed by atoms with van der Waals surface area (Å²) in [6, 6.07) is 0.652. The number of hydrogen-bond acceptors (Lipinski definition) is 4. The Morgan fingerprint density at radius 3 is 2.61 bits per heavy atom. The largest absolute Gasteiger partial charge is 0.444 e. The topological polar surface area (TPSA) is 59.6 Å². The third kappa shape index (κ3) is 3.66. The van der Waals surface area contributed by atoms with E-state index in [-0.39, 0.29) is 17.6 Å². The summed E-state index contributed by atoms with van der Waals surface area (Å²) in [7, 11) is 0. The third-order valence-corrected chi connectivity index (χ3v) is 5.55. The van der Waals surface area contributed by atoms with Crippen molar-refractivity contribution in [1.82, 2.24) is 10.6 Å². The Balaban J connectivity index is 1.51. The van der Waals surface area contributed by atoms with Crippen LogP contribution in [0.5, 0.6) is 0 Å². The van der Waals surface area contributed by atoms with Crippen LogP contribution in [0.15, 0.2) is 0 Å². The first-order chi connectivity index (χ1) is 10.7. The Labute approximate surface area is 139 Å². The van der Waals surface area contributed by atoms with Gasteiger partial charge < -0.3 is 20.1 Å². The quantitative estimate of drug-likeness (QED) is 0.816. The molecule has 1 saturated heterocycles. The Morgan fingerprint density at radius 2 is 2.00 bits per heavy atom. The van der Waals surface area contributed by atoms with Gasteiger partial charge in [0, 0.05) is 36.6 Å². The second kappa shape index (κ2) is 5.92. The van der Waals surface area contributed by atoms with Gasteiger partial charge in [-0.2, -0.15) is 0 Å². The highest BCUT2D eigenvalue weighted by Crippen LogP contribution is 2.52. The first-order valence-corrected chi connectivity index (χ1v) is 9.03. The SMILES string of the molecule is CC(C)(C)OC(=O)NC(CNC1C2CCOC2C1(C)C)C1CC1. The third-order valence-electron chi connectivity index (χ3n) is 5.55. The van der Waals surface area contributed by atoms with Crippen LogP contribution in [0.2, 0.25) is 0 Å². The van der Waals surface area contributed by atoms with E-state index in [1.807, 2.05) is 20.8 Å². The van der Waals surface area contributed by atoms with Crippen molar-refractivity contribution in [3.05, 3.63) is 0 Å². The summed E-state index contributed by atoms with van der Waals surface area (Å²) in [6.07, 6.45) is 3.65. The number of alkyl carbamates (subject to hydrolysis) is 1. The molecule has 132 valence electrons. The first-order valence-electron chi connectivity index (χ1n) is 9.03. The molecule has 0 aromatic heterocycles. The number of fused-ring (bicyclic) bond motifs is 1. The van der Waals surface area contributed by atoms with Gasteiger partial charge in [0.25, 0.3) is 0 Å². The number of carbonyl (C=O) groups is 1. The van der Waals surface area contributed by atoms with E-state index in [0.29, 0.717) is 24.0 Å². The molecule has 1 amide bonds. The van der Waals surface area contributed by atoms with Gasteiger partial charge in [0.2, 0.25) is 0 Å².